The first-order valence-electron chi connectivity index (χ1n) is 7.62. The van der Waals surface area contributed by atoms with E-state index >= 15 is 0 Å². The van der Waals surface area contributed by atoms with E-state index in [0.29, 0.717) is 6.54 Å². The molecule has 110 valence electrons. The van der Waals surface area contributed by atoms with E-state index in [0.717, 1.165) is 42.2 Å². The zero-order valence-electron chi connectivity index (χ0n) is 12.2. The maximum atomic E-state index is 12.7. The van der Waals surface area contributed by atoms with Crippen LogP contribution in [0.25, 0.3) is 0 Å². The number of aromatic amines is 1. The molecule has 1 atom stereocenters. The SMILES string of the molecule is C[C@H]1CCc2sc(C(=O)N3CCc4[nH]ncc4C3)cc2C1. The first-order valence-corrected chi connectivity index (χ1v) is 8.44. The standard InChI is InChI=1S/C16H19N3OS/c1-10-2-3-14-11(6-10)7-15(21-14)16(20)19-5-4-13-12(9-19)8-17-18-13/h7-8,10H,2-6,9H2,1H3,(H,17,18)/t10-/m0/s1. The molecule has 2 aliphatic rings. The summed E-state index contributed by atoms with van der Waals surface area (Å²) in [5.41, 5.74) is 3.74. The van der Waals surface area contributed by atoms with Gasteiger partial charge in [-0.2, -0.15) is 5.10 Å². The van der Waals surface area contributed by atoms with Crippen LogP contribution in [-0.2, 0) is 25.8 Å². The molecule has 0 spiro atoms. The van der Waals surface area contributed by atoms with E-state index in [4.69, 9.17) is 0 Å². The Kier molecular flexibility index (Phi) is 3.10. The molecule has 4 nitrogen and oxygen atoms in total. The lowest BCUT2D eigenvalue weighted by Crippen LogP contribution is -2.35. The molecule has 0 aromatic carbocycles. The summed E-state index contributed by atoms with van der Waals surface area (Å²) in [6.07, 6.45) is 6.24. The molecule has 0 fully saturated rings. The molecule has 0 bridgehead atoms. The van der Waals surface area contributed by atoms with Gasteiger partial charge in [-0.1, -0.05) is 6.92 Å². The number of hydrogen-bond donors (Lipinski definition) is 1. The maximum Gasteiger partial charge on any atom is 0.264 e. The Morgan fingerprint density at radius 3 is 3.24 bits per heavy atom. The maximum absolute atomic E-state index is 12.7. The minimum Gasteiger partial charge on any atom is -0.333 e. The fourth-order valence-electron chi connectivity index (χ4n) is 3.36. The second-order valence-corrected chi connectivity index (χ2v) is 7.39. The molecule has 0 saturated carbocycles. The van der Waals surface area contributed by atoms with Crippen molar-refractivity contribution in [3.05, 3.63) is 38.8 Å². The van der Waals surface area contributed by atoms with Crippen molar-refractivity contribution in [2.24, 2.45) is 5.92 Å². The van der Waals surface area contributed by atoms with Crippen molar-refractivity contribution in [2.75, 3.05) is 6.54 Å². The lowest BCUT2D eigenvalue weighted by atomic mass is 9.90. The van der Waals surface area contributed by atoms with E-state index in [-0.39, 0.29) is 5.91 Å². The summed E-state index contributed by atoms with van der Waals surface area (Å²) in [5.74, 6) is 0.937. The second kappa shape index (κ2) is 4.98. The van der Waals surface area contributed by atoms with Crippen molar-refractivity contribution in [3.8, 4) is 0 Å². The van der Waals surface area contributed by atoms with Crippen LogP contribution < -0.4 is 0 Å². The molecular formula is C16H19N3OS. The van der Waals surface area contributed by atoms with E-state index in [1.807, 2.05) is 11.1 Å². The first-order chi connectivity index (χ1) is 10.2. The van der Waals surface area contributed by atoms with E-state index < -0.39 is 0 Å². The third-order valence-electron chi connectivity index (χ3n) is 4.63. The van der Waals surface area contributed by atoms with Gasteiger partial charge in [0.15, 0.2) is 0 Å². The molecule has 4 rings (SSSR count). The van der Waals surface area contributed by atoms with E-state index in [9.17, 15) is 4.79 Å². The van der Waals surface area contributed by atoms with E-state index in [1.165, 1.54) is 22.6 Å². The Bertz CT molecular complexity index is 688. The van der Waals surface area contributed by atoms with Gasteiger partial charge >= 0.3 is 0 Å². The van der Waals surface area contributed by atoms with Crippen LogP contribution in [-0.4, -0.2) is 27.5 Å². The highest BCUT2D eigenvalue weighted by molar-refractivity contribution is 7.14. The third kappa shape index (κ3) is 2.29. The summed E-state index contributed by atoms with van der Waals surface area (Å²) in [4.78, 5) is 17.0. The number of amides is 1. The highest BCUT2D eigenvalue weighted by atomic mass is 32.1. The van der Waals surface area contributed by atoms with Crippen LogP contribution in [0, 0.1) is 5.92 Å². The predicted molar refractivity (Wildman–Crippen MR) is 82.5 cm³/mol. The van der Waals surface area contributed by atoms with Gasteiger partial charge in [0.05, 0.1) is 11.1 Å². The molecule has 5 heteroatoms. The van der Waals surface area contributed by atoms with Crippen molar-refractivity contribution in [1.29, 1.82) is 0 Å². The number of nitrogens with one attached hydrogen (secondary N) is 1. The molecule has 1 amide bonds. The number of aromatic nitrogens is 2. The molecule has 1 N–H and O–H groups in total. The quantitative estimate of drug-likeness (QED) is 0.880. The fourth-order valence-corrected chi connectivity index (χ4v) is 4.54. The summed E-state index contributed by atoms with van der Waals surface area (Å²) < 4.78 is 0. The number of nitrogens with zero attached hydrogens (tertiary/aromatic N) is 2. The van der Waals surface area contributed by atoms with Crippen LogP contribution in [0.2, 0.25) is 0 Å². The number of hydrogen-bond acceptors (Lipinski definition) is 3. The number of H-pyrrole nitrogens is 1. The molecule has 3 heterocycles. The average molecular weight is 301 g/mol. The minimum absolute atomic E-state index is 0.189. The van der Waals surface area contributed by atoms with Crippen LogP contribution in [0.3, 0.4) is 0 Å². The topological polar surface area (TPSA) is 49.0 Å². The Balaban J connectivity index is 1.56. The zero-order chi connectivity index (χ0) is 14.4. The van der Waals surface area contributed by atoms with E-state index in [1.54, 1.807) is 11.3 Å². The predicted octanol–water partition coefficient (Wildman–Crippen LogP) is 2.79. The summed E-state index contributed by atoms with van der Waals surface area (Å²) in [7, 11) is 0. The molecule has 0 radical (unpaired) electrons. The smallest absolute Gasteiger partial charge is 0.264 e. The highest BCUT2D eigenvalue weighted by Gasteiger charge is 2.26. The van der Waals surface area contributed by atoms with Crippen molar-refractivity contribution >= 4 is 17.2 Å². The number of fused-ring (bicyclic) bond motifs is 2. The van der Waals surface area contributed by atoms with E-state index in [2.05, 4.69) is 23.2 Å². The van der Waals surface area contributed by atoms with Crippen molar-refractivity contribution in [1.82, 2.24) is 15.1 Å². The lowest BCUT2D eigenvalue weighted by molar-refractivity contribution is 0.0739. The van der Waals surface area contributed by atoms with Crippen LogP contribution in [0.1, 0.15) is 44.7 Å². The van der Waals surface area contributed by atoms with Gasteiger partial charge in [0, 0.05) is 35.6 Å². The van der Waals surface area contributed by atoms with Crippen molar-refractivity contribution in [2.45, 2.75) is 39.2 Å². The largest absolute Gasteiger partial charge is 0.333 e. The molecule has 0 saturated heterocycles. The molecule has 1 aliphatic heterocycles. The molecule has 2 aromatic rings. The molecule has 1 aliphatic carbocycles. The summed E-state index contributed by atoms with van der Waals surface area (Å²) in [6.45, 7) is 3.77. The number of aryl methyl sites for hydroxylation is 1. The fraction of sp³-hybridized carbons (Fsp3) is 0.500. The first kappa shape index (κ1) is 13.1. The molecule has 21 heavy (non-hydrogen) atoms. The molecule has 2 aromatic heterocycles. The highest BCUT2D eigenvalue weighted by Crippen LogP contribution is 2.33. The molecule has 0 unspecified atom stereocenters. The Morgan fingerprint density at radius 1 is 1.43 bits per heavy atom. The average Bonchev–Trinajstić information content (AvgIpc) is 3.11. The Morgan fingerprint density at radius 2 is 2.33 bits per heavy atom. The van der Waals surface area contributed by atoms with Gasteiger partial charge in [-0.05, 0) is 36.8 Å². The van der Waals surface area contributed by atoms with Gasteiger partial charge in [0.1, 0.15) is 0 Å². The zero-order valence-corrected chi connectivity index (χ0v) is 13.0. The van der Waals surface area contributed by atoms with Crippen LogP contribution in [0.15, 0.2) is 12.3 Å². The van der Waals surface area contributed by atoms with Crippen LogP contribution in [0.5, 0.6) is 0 Å². The van der Waals surface area contributed by atoms with Gasteiger partial charge in [-0.15, -0.1) is 11.3 Å². The van der Waals surface area contributed by atoms with Crippen molar-refractivity contribution in [3.63, 3.8) is 0 Å². The monoisotopic (exact) mass is 301 g/mol. The number of rotatable bonds is 1. The number of thiophene rings is 1. The van der Waals surface area contributed by atoms with Gasteiger partial charge in [0.2, 0.25) is 0 Å². The van der Waals surface area contributed by atoms with Gasteiger partial charge in [-0.25, -0.2) is 0 Å². The molecular weight excluding hydrogens is 282 g/mol. The van der Waals surface area contributed by atoms with Gasteiger partial charge < -0.3 is 4.90 Å². The summed E-state index contributed by atoms with van der Waals surface area (Å²) in [6, 6.07) is 2.14. The van der Waals surface area contributed by atoms with Gasteiger partial charge in [-0.3, -0.25) is 9.89 Å². The summed E-state index contributed by atoms with van der Waals surface area (Å²) >= 11 is 1.71. The van der Waals surface area contributed by atoms with Crippen LogP contribution in [0.4, 0.5) is 0 Å². The Labute approximate surface area is 128 Å². The third-order valence-corrected chi connectivity index (χ3v) is 5.85. The number of carbonyl (C=O) groups is 1. The normalized spacial score (nSPS) is 21.0. The summed E-state index contributed by atoms with van der Waals surface area (Å²) in [5, 5.41) is 7.09. The number of carbonyl (C=O) groups excluding carboxylic acids is 1. The Hall–Kier alpha value is -1.62. The minimum atomic E-state index is 0.189. The second-order valence-electron chi connectivity index (χ2n) is 6.26. The van der Waals surface area contributed by atoms with Crippen molar-refractivity contribution < 1.29 is 4.79 Å². The van der Waals surface area contributed by atoms with Crippen LogP contribution >= 0.6 is 11.3 Å². The van der Waals surface area contributed by atoms with Gasteiger partial charge in [0.25, 0.3) is 5.91 Å². The lowest BCUT2D eigenvalue weighted by Gasteiger charge is -2.26.